The molecule has 2 aromatic heterocycles. The number of H-pyrrole nitrogens is 1. The van der Waals surface area contributed by atoms with E-state index in [1.807, 2.05) is 55.7 Å². The number of rotatable bonds is 4. The van der Waals surface area contributed by atoms with Gasteiger partial charge in [-0.15, -0.1) is 0 Å². The fourth-order valence-electron chi connectivity index (χ4n) is 2.34. The van der Waals surface area contributed by atoms with Gasteiger partial charge in [0, 0.05) is 54.6 Å². The van der Waals surface area contributed by atoms with Crippen LogP contribution in [0.15, 0.2) is 54.9 Å². The molecule has 3 rings (SSSR count). The number of amides is 1. The minimum Gasteiger partial charge on any atom is -0.361 e. The number of fused-ring (bicyclic) bond motifs is 1. The van der Waals surface area contributed by atoms with E-state index in [1.165, 1.54) is 0 Å². The first-order valence-corrected chi connectivity index (χ1v) is 6.96. The van der Waals surface area contributed by atoms with Crippen molar-refractivity contribution in [1.29, 1.82) is 0 Å². The average molecular weight is 279 g/mol. The molecule has 4 nitrogen and oxygen atoms in total. The molecule has 3 aromatic rings. The Morgan fingerprint density at radius 3 is 2.95 bits per heavy atom. The molecule has 1 amide bonds. The molecule has 0 unspecified atom stereocenters. The number of likely N-dealkylation sites (N-methyl/N-ethyl adjacent to an activating group) is 1. The minimum atomic E-state index is 0.0361. The van der Waals surface area contributed by atoms with Crippen LogP contribution in [-0.4, -0.2) is 34.4 Å². The Bertz CT molecular complexity index is 749. The zero-order valence-corrected chi connectivity index (χ0v) is 11.9. The van der Waals surface area contributed by atoms with E-state index in [1.54, 1.807) is 11.1 Å². The Hall–Kier alpha value is -2.62. The van der Waals surface area contributed by atoms with Gasteiger partial charge in [-0.25, -0.2) is 0 Å². The lowest BCUT2D eigenvalue weighted by Gasteiger charge is -2.17. The number of aromatic nitrogens is 2. The third-order valence-electron chi connectivity index (χ3n) is 3.58. The molecule has 0 bridgehead atoms. The van der Waals surface area contributed by atoms with Crippen molar-refractivity contribution < 1.29 is 4.79 Å². The molecule has 0 aliphatic heterocycles. The van der Waals surface area contributed by atoms with Crippen LogP contribution in [-0.2, 0) is 6.42 Å². The van der Waals surface area contributed by atoms with Crippen LogP contribution in [0.1, 0.15) is 16.1 Å². The van der Waals surface area contributed by atoms with Gasteiger partial charge in [0.25, 0.3) is 5.91 Å². The molecule has 1 aromatic carbocycles. The molecule has 0 spiro atoms. The van der Waals surface area contributed by atoms with Crippen LogP contribution in [0.25, 0.3) is 10.9 Å². The number of pyridine rings is 1. The summed E-state index contributed by atoms with van der Waals surface area (Å²) >= 11 is 0. The van der Waals surface area contributed by atoms with E-state index in [2.05, 4.69) is 9.97 Å². The number of benzene rings is 1. The molecule has 0 saturated carbocycles. The van der Waals surface area contributed by atoms with E-state index in [9.17, 15) is 4.79 Å². The van der Waals surface area contributed by atoms with E-state index in [4.69, 9.17) is 0 Å². The maximum atomic E-state index is 12.4. The molecule has 0 fully saturated rings. The smallest absolute Gasteiger partial charge is 0.253 e. The van der Waals surface area contributed by atoms with Crippen molar-refractivity contribution >= 4 is 16.8 Å². The zero-order valence-electron chi connectivity index (χ0n) is 11.9. The van der Waals surface area contributed by atoms with Gasteiger partial charge in [-0.1, -0.05) is 6.07 Å². The molecule has 0 atom stereocenters. The van der Waals surface area contributed by atoms with Gasteiger partial charge < -0.3 is 9.88 Å². The normalized spacial score (nSPS) is 10.7. The number of carbonyl (C=O) groups excluding carboxylic acids is 1. The molecule has 0 aliphatic rings. The van der Waals surface area contributed by atoms with Gasteiger partial charge in [0.1, 0.15) is 0 Å². The fraction of sp³-hybridized carbons (Fsp3) is 0.176. The SMILES string of the molecule is CN(CCc1ccccn1)C(=O)c1ccc2[nH]ccc2c1. The van der Waals surface area contributed by atoms with Crippen LogP contribution >= 0.6 is 0 Å². The summed E-state index contributed by atoms with van der Waals surface area (Å²) in [6, 6.07) is 13.5. The van der Waals surface area contributed by atoms with Gasteiger partial charge in [0.15, 0.2) is 0 Å². The Balaban J connectivity index is 1.69. The summed E-state index contributed by atoms with van der Waals surface area (Å²) in [5, 5.41) is 1.05. The summed E-state index contributed by atoms with van der Waals surface area (Å²) in [5.74, 6) is 0.0361. The lowest BCUT2D eigenvalue weighted by molar-refractivity contribution is 0.0796. The number of nitrogens with one attached hydrogen (secondary N) is 1. The average Bonchev–Trinajstić information content (AvgIpc) is 3.00. The number of nitrogens with zero attached hydrogens (tertiary/aromatic N) is 2. The first-order valence-electron chi connectivity index (χ1n) is 6.96. The topological polar surface area (TPSA) is 49.0 Å². The number of carbonyl (C=O) groups is 1. The second-order valence-corrected chi connectivity index (χ2v) is 5.08. The number of hydrogen-bond donors (Lipinski definition) is 1. The van der Waals surface area contributed by atoms with Crippen LogP contribution in [0.2, 0.25) is 0 Å². The van der Waals surface area contributed by atoms with Crippen molar-refractivity contribution in [2.24, 2.45) is 0 Å². The Morgan fingerprint density at radius 1 is 1.24 bits per heavy atom. The first kappa shape index (κ1) is 13.4. The molecule has 4 heteroatoms. The summed E-state index contributed by atoms with van der Waals surface area (Å²) in [4.78, 5) is 21.6. The number of aromatic amines is 1. The second-order valence-electron chi connectivity index (χ2n) is 5.08. The fourth-order valence-corrected chi connectivity index (χ4v) is 2.34. The van der Waals surface area contributed by atoms with E-state index in [0.717, 1.165) is 23.0 Å². The van der Waals surface area contributed by atoms with Crippen molar-refractivity contribution in [3.05, 3.63) is 66.1 Å². The van der Waals surface area contributed by atoms with E-state index >= 15 is 0 Å². The monoisotopic (exact) mass is 279 g/mol. The third kappa shape index (κ3) is 2.94. The van der Waals surface area contributed by atoms with E-state index in [-0.39, 0.29) is 5.91 Å². The highest BCUT2D eigenvalue weighted by Crippen LogP contribution is 2.15. The number of hydrogen-bond acceptors (Lipinski definition) is 2. The quantitative estimate of drug-likeness (QED) is 0.798. The maximum absolute atomic E-state index is 12.4. The highest BCUT2D eigenvalue weighted by Gasteiger charge is 2.12. The van der Waals surface area contributed by atoms with Crippen molar-refractivity contribution in [3.63, 3.8) is 0 Å². The molecule has 21 heavy (non-hydrogen) atoms. The van der Waals surface area contributed by atoms with Crippen LogP contribution < -0.4 is 0 Å². The van der Waals surface area contributed by atoms with Gasteiger partial charge in [-0.2, -0.15) is 0 Å². The standard InChI is InChI=1S/C17H17N3O/c1-20(11-8-15-4-2-3-9-18-15)17(21)14-5-6-16-13(12-14)7-10-19-16/h2-7,9-10,12,19H,8,11H2,1H3. The minimum absolute atomic E-state index is 0.0361. The first-order chi connectivity index (χ1) is 10.2. The largest absolute Gasteiger partial charge is 0.361 e. The molecular weight excluding hydrogens is 262 g/mol. The van der Waals surface area contributed by atoms with Crippen molar-refractivity contribution in [2.75, 3.05) is 13.6 Å². The third-order valence-corrected chi connectivity index (χ3v) is 3.58. The van der Waals surface area contributed by atoms with Gasteiger partial charge in [0.05, 0.1) is 0 Å². The summed E-state index contributed by atoms with van der Waals surface area (Å²) in [5.41, 5.74) is 2.76. The van der Waals surface area contributed by atoms with Crippen molar-refractivity contribution in [2.45, 2.75) is 6.42 Å². The molecule has 0 radical (unpaired) electrons. The maximum Gasteiger partial charge on any atom is 0.253 e. The molecule has 1 N–H and O–H groups in total. The molecule has 0 saturated heterocycles. The highest BCUT2D eigenvalue weighted by atomic mass is 16.2. The lowest BCUT2D eigenvalue weighted by Crippen LogP contribution is -2.28. The summed E-state index contributed by atoms with van der Waals surface area (Å²) in [7, 11) is 1.83. The second kappa shape index (κ2) is 5.79. The van der Waals surface area contributed by atoms with Gasteiger partial charge in [-0.05, 0) is 36.4 Å². The predicted octanol–water partition coefficient (Wildman–Crippen LogP) is 2.88. The van der Waals surface area contributed by atoms with Crippen LogP contribution in [0.4, 0.5) is 0 Å². The van der Waals surface area contributed by atoms with Crippen molar-refractivity contribution in [1.82, 2.24) is 14.9 Å². The molecular formula is C17H17N3O. The molecule has 106 valence electrons. The summed E-state index contributed by atoms with van der Waals surface area (Å²) in [6.07, 6.45) is 4.41. The van der Waals surface area contributed by atoms with Crippen molar-refractivity contribution in [3.8, 4) is 0 Å². The summed E-state index contributed by atoms with van der Waals surface area (Å²) < 4.78 is 0. The van der Waals surface area contributed by atoms with Crippen LogP contribution in [0.5, 0.6) is 0 Å². The van der Waals surface area contributed by atoms with Crippen LogP contribution in [0, 0.1) is 0 Å². The lowest BCUT2D eigenvalue weighted by atomic mass is 10.1. The Kier molecular flexibility index (Phi) is 3.69. The summed E-state index contributed by atoms with van der Waals surface area (Å²) in [6.45, 7) is 0.654. The predicted molar refractivity (Wildman–Crippen MR) is 83.2 cm³/mol. The molecule has 2 heterocycles. The van der Waals surface area contributed by atoms with Crippen LogP contribution in [0.3, 0.4) is 0 Å². The highest BCUT2D eigenvalue weighted by molar-refractivity contribution is 5.97. The Morgan fingerprint density at radius 2 is 2.14 bits per heavy atom. The van der Waals surface area contributed by atoms with E-state index in [0.29, 0.717) is 12.1 Å². The van der Waals surface area contributed by atoms with Gasteiger partial charge in [-0.3, -0.25) is 9.78 Å². The van der Waals surface area contributed by atoms with Gasteiger partial charge in [0.2, 0.25) is 0 Å². The molecule has 0 aliphatic carbocycles. The zero-order chi connectivity index (χ0) is 14.7. The van der Waals surface area contributed by atoms with E-state index < -0.39 is 0 Å². The Labute approximate surface area is 123 Å². The van der Waals surface area contributed by atoms with Gasteiger partial charge >= 0.3 is 0 Å².